The molecule has 2 nitrogen and oxygen atoms in total. The van der Waals surface area contributed by atoms with Crippen LogP contribution in [0.15, 0.2) is 140 Å². The molecule has 202 valence electrons. The molecular formula is C39H29FN2. The quantitative estimate of drug-likeness (QED) is 0.214. The first kappa shape index (κ1) is 24.6. The van der Waals surface area contributed by atoms with Crippen molar-refractivity contribution >= 4 is 38.9 Å². The third kappa shape index (κ3) is 3.63. The molecule has 7 aromatic rings. The largest absolute Gasteiger partial charge is 0.310 e. The van der Waals surface area contributed by atoms with Gasteiger partial charge in [0.05, 0.1) is 16.7 Å². The van der Waals surface area contributed by atoms with Crippen molar-refractivity contribution in [1.82, 2.24) is 4.57 Å². The standard InChI is InChI=1S/C39H29FN2/c1-39(2)34-12-6-7-14-37(34)42-36-24-23-31(25-33(36)32-11-8-13-35(39)38(32)42)41(30-21-17-28(40)18-22-30)29-19-15-27(16-20-29)26-9-4-3-5-10-26/h3-25H,1-2H3. The molecule has 1 aliphatic rings. The van der Waals surface area contributed by atoms with Crippen molar-refractivity contribution in [3.8, 4) is 16.8 Å². The molecule has 0 atom stereocenters. The zero-order valence-corrected chi connectivity index (χ0v) is 23.6. The molecule has 0 radical (unpaired) electrons. The van der Waals surface area contributed by atoms with Gasteiger partial charge in [0.1, 0.15) is 5.82 Å². The van der Waals surface area contributed by atoms with E-state index in [9.17, 15) is 4.39 Å². The number of rotatable bonds is 4. The van der Waals surface area contributed by atoms with Crippen molar-refractivity contribution in [2.45, 2.75) is 19.3 Å². The minimum absolute atomic E-state index is 0.107. The predicted octanol–water partition coefficient (Wildman–Crippen LogP) is 10.7. The molecule has 8 rings (SSSR count). The smallest absolute Gasteiger partial charge is 0.123 e. The molecule has 0 aliphatic carbocycles. The van der Waals surface area contributed by atoms with Gasteiger partial charge in [0.15, 0.2) is 0 Å². The van der Waals surface area contributed by atoms with Crippen LogP contribution in [0.4, 0.5) is 21.5 Å². The van der Waals surface area contributed by atoms with Crippen LogP contribution >= 0.6 is 0 Å². The summed E-state index contributed by atoms with van der Waals surface area (Å²) in [5.74, 6) is -0.246. The van der Waals surface area contributed by atoms with Crippen molar-refractivity contribution in [3.05, 3.63) is 156 Å². The Bertz CT molecular complexity index is 2100. The topological polar surface area (TPSA) is 8.17 Å². The van der Waals surface area contributed by atoms with Crippen LogP contribution in [0.1, 0.15) is 25.0 Å². The first-order valence-electron chi connectivity index (χ1n) is 14.4. The lowest BCUT2D eigenvalue weighted by Gasteiger charge is -2.34. The van der Waals surface area contributed by atoms with E-state index in [4.69, 9.17) is 0 Å². The molecule has 42 heavy (non-hydrogen) atoms. The second-order valence-electron chi connectivity index (χ2n) is 11.6. The third-order valence-corrected chi connectivity index (χ3v) is 8.84. The molecule has 2 heterocycles. The zero-order chi connectivity index (χ0) is 28.4. The lowest BCUT2D eigenvalue weighted by Crippen LogP contribution is -2.26. The van der Waals surface area contributed by atoms with E-state index < -0.39 is 0 Å². The van der Waals surface area contributed by atoms with E-state index in [1.54, 1.807) is 0 Å². The van der Waals surface area contributed by atoms with E-state index in [1.165, 1.54) is 56.3 Å². The first-order valence-corrected chi connectivity index (χ1v) is 14.4. The normalized spacial score (nSPS) is 13.3. The Hall–Kier alpha value is -5.15. The molecule has 1 aromatic heterocycles. The number of benzene rings is 6. The fraction of sp³-hybridized carbons (Fsp3) is 0.0769. The maximum atomic E-state index is 14.0. The highest BCUT2D eigenvalue weighted by molar-refractivity contribution is 6.12. The molecule has 1 aliphatic heterocycles. The summed E-state index contributed by atoms with van der Waals surface area (Å²) in [6, 6.07) is 47.9. The molecule has 0 fully saturated rings. The summed E-state index contributed by atoms with van der Waals surface area (Å²) in [5, 5.41) is 2.44. The van der Waals surface area contributed by atoms with Gasteiger partial charge in [0.25, 0.3) is 0 Å². The summed E-state index contributed by atoms with van der Waals surface area (Å²) in [5.41, 5.74) is 11.5. The van der Waals surface area contributed by atoms with Crippen LogP contribution in [0.25, 0.3) is 38.6 Å². The van der Waals surface area contributed by atoms with E-state index in [0.29, 0.717) is 0 Å². The van der Waals surface area contributed by atoms with Crippen molar-refractivity contribution in [2.75, 3.05) is 4.90 Å². The van der Waals surface area contributed by atoms with Crippen LogP contribution in [-0.4, -0.2) is 4.57 Å². The summed E-state index contributed by atoms with van der Waals surface area (Å²) >= 11 is 0. The Labute approximate surface area is 244 Å². The summed E-state index contributed by atoms with van der Waals surface area (Å²) in [6.45, 7) is 4.64. The fourth-order valence-electron chi connectivity index (χ4n) is 6.76. The van der Waals surface area contributed by atoms with Gasteiger partial charge < -0.3 is 9.47 Å². The average Bonchev–Trinajstić information content (AvgIpc) is 3.36. The molecular weight excluding hydrogens is 515 g/mol. The summed E-state index contributed by atoms with van der Waals surface area (Å²) in [6.07, 6.45) is 0. The lowest BCUT2D eigenvalue weighted by atomic mass is 9.75. The first-order chi connectivity index (χ1) is 20.5. The van der Waals surface area contributed by atoms with Crippen LogP contribution in [-0.2, 0) is 5.41 Å². The molecule has 0 saturated heterocycles. The summed E-state index contributed by atoms with van der Waals surface area (Å²) < 4.78 is 16.5. The van der Waals surface area contributed by atoms with Crippen LogP contribution < -0.4 is 4.90 Å². The molecule has 0 N–H and O–H groups in total. The Morgan fingerprint density at radius 1 is 0.548 bits per heavy atom. The summed E-state index contributed by atoms with van der Waals surface area (Å²) in [7, 11) is 0. The highest BCUT2D eigenvalue weighted by Gasteiger charge is 2.34. The molecule has 0 saturated carbocycles. The number of hydrogen-bond acceptors (Lipinski definition) is 1. The molecule has 6 aromatic carbocycles. The van der Waals surface area contributed by atoms with Crippen molar-refractivity contribution < 1.29 is 4.39 Å². The van der Waals surface area contributed by atoms with Crippen LogP contribution in [0.3, 0.4) is 0 Å². The van der Waals surface area contributed by atoms with Gasteiger partial charge in [-0.3, -0.25) is 0 Å². The van der Waals surface area contributed by atoms with E-state index in [-0.39, 0.29) is 11.2 Å². The molecule has 0 amide bonds. The minimum atomic E-state index is -0.246. The van der Waals surface area contributed by atoms with E-state index in [1.807, 2.05) is 18.2 Å². The maximum absolute atomic E-state index is 14.0. The van der Waals surface area contributed by atoms with E-state index in [0.717, 1.165) is 22.6 Å². The number of para-hydroxylation sites is 2. The van der Waals surface area contributed by atoms with E-state index >= 15 is 0 Å². The Morgan fingerprint density at radius 3 is 1.93 bits per heavy atom. The van der Waals surface area contributed by atoms with Gasteiger partial charge >= 0.3 is 0 Å². The molecule has 0 bridgehead atoms. The van der Waals surface area contributed by atoms with E-state index in [2.05, 4.69) is 133 Å². The van der Waals surface area contributed by atoms with Gasteiger partial charge in [0.2, 0.25) is 0 Å². The third-order valence-electron chi connectivity index (χ3n) is 8.84. The highest BCUT2D eigenvalue weighted by Crippen LogP contribution is 2.48. The number of aromatic nitrogens is 1. The monoisotopic (exact) mass is 544 g/mol. The van der Waals surface area contributed by atoms with Crippen LogP contribution in [0, 0.1) is 5.82 Å². The minimum Gasteiger partial charge on any atom is -0.310 e. The Balaban J connectivity index is 1.35. The number of fused-ring (bicyclic) bond motifs is 5. The number of anilines is 3. The molecule has 0 spiro atoms. The second-order valence-corrected chi connectivity index (χ2v) is 11.6. The Kier molecular flexibility index (Phi) is 5.39. The highest BCUT2D eigenvalue weighted by atomic mass is 19.1. The Morgan fingerprint density at radius 2 is 1.17 bits per heavy atom. The van der Waals surface area contributed by atoms with Gasteiger partial charge in [-0.25, -0.2) is 4.39 Å². The summed E-state index contributed by atoms with van der Waals surface area (Å²) in [4.78, 5) is 2.21. The number of nitrogens with zero attached hydrogens (tertiary/aromatic N) is 2. The zero-order valence-electron chi connectivity index (χ0n) is 23.6. The SMILES string of the molecule is CC1(C)c2ccccc2-n2c3ccc(N(c4ccc(F)cc4)c4ccc(-c5ccccc5)cc4)cc3c3cccc1c32. The van der Waals surface area contributed by atoms with Crippen molar-refractivity contribution in [2.24, 2.45) is 0 Å². The average molecular weight is 545 g/mol. The van der Waals surface area contributed by atoms with Gasteiger partial charge in [-0.2, -0.15) is 0 Å². The van der Waals surface area contributed by atoms with Crippen LogP contribution in [0.2, 0.25) is 0 Å². The van der Waals surface area contributed by atoms with Gasteiger partial charge in [-0.15, -0.1) is 0 Å². The second kappa shape index (κ2) is 9.19. The van der Waals surface area contributed by atoms with Crippen molar-refractivity contribution in [1.29, 1.82) is 0 Å². The fourth-order valence-corrected chi connectivity index (χ4v) is 6.76. The van der Waals surface area contributed by atoms with Gasteiger partial charge in [-0.1, -0.05) is 92.7 Å². The number of halogens is 1. The molecule has 3 heteroatoms. The van der Waals surface area contributed by atoms with Gasteiger partial charge in [-0.05, 0) is 82.9 Å². The molecule has 0 unspecified atom stereocenters. The van der Waals surface area contributed by atoms with Crippen molar-refractivity contribution in [3.63, 3.8) is 0 Å². The van der Waals surface area contributed by atoms with Gasteiger partial charge in [0, 0.05) is 33.2 Å². The predicted molar refractivity (Wildman–Crippen MR) is 173 cm³/mol. The number of hydrogen-bond donors (Lipinski definition) is 0. The van der Waals surface area contributed by atoms with Crippen LogP contribution in [0.5, 0.6) is 0 Å². The lowest BCUT2D eigenvalue weighted by molar-refractivity contribution is 0.628. The maximum Gasteiger partial charge on any atom is 0.123 e.